The van der Waals surface area contributed by atoms with Gasteiger partial charge in [0.05, 0.1) is 4.90 Å². The van der Waals surface area contributed by atoms with Gasteiger partial charge in [0.15, 0.2) is 5.96 Å². The highest BCUT2D eigenvalue weighted by Crippen LogP contribution is 2.29. The monoisotopic (exact) mass is 424 g/mol. The summed E-state index contributed by atoms with van der Waals surface area (Å²) in [5.41, 5.74) is 1.05. The molecule has 0 aromatic heterocycles. The molecule has 6 nitrogen and oxygen atoms in total. The first-order chi connectivity index (χ1) is 13.3. The lowest BCUT2D eigenvalue weighted by Gasteiger charge is -2.39. The summed E-state index contributed by atoms with van der Waals surface area (Å²) >= 11 is 2.00. The second kappa shape index (κ2) is 9.05. The average Bonchev–Trinajstić information content (AvgIpc) is 2.69. The number of hydrogen-bond acceptors (Lipinski definition) is 4. The third-order valence-electron chi connectivity index (χ3n) is 5.26. The zero-order valence-corrected chi connectivity index (χ0v) is 18.8. The molecule has 0 aliphatic carbocycles. The Morgan fingerprint density at radius 3 is 2.43 bits per heavy atom. The summed E-state index contributed by atoms with van der Waals surface area (Å²) in [5, 5.41) is 3.42. The summed E-state index contributed by atoms with van der Waals surface area (Å²) in [4.78, 5) is 7.11. The van der Waals surface area contributed by atoms with Crippen LogP contribution in [0.25, 0.3) is 0 Å². The Balaban J connectivity index is 1.61. The summed E-state index contributed by atoms with van der Waals surface area (Å²) in [7, 11) is -1.56. The topological polar surface area (TPSA) is 65.0 Å². The molecule has 0 spiro atoms. The maximum Gasteiger partial charge on any atom is 0.243 e. The van der Waals surface area contributed by atoms with Gasteiger partial charge in [-0.1, -0.05) is 18.6 Å². The minimum atomic E-state index is -3.37. The van der Waals surface area contributed by atoms with Crippen LogP contribution in [0.5, 0.6) is 0 Å². The Morgan fingerprint density at radius 2 is 1.82 bits per heavy atom. The molecule has 0 amide bonds. The zero-order chi connectivity index (χ0) is 20.2. The largest absolute Gasteiger partial charge is 0.352 e. The number of nitrogens with zero attached hydrogens (tertiary/aromatic N) is 3. The van der Waals surface area contributed by atoms with E-state index in [2.05, 4.69) is 29.1 Å². The number of thioether (sulfide) groups is 1. The lowest BCUT2D eigenvalue weighted by Crippen LogP contribution is -2.50. The van der Waals surface area contributed by atoms with Gasteiger partial charge in [-0.3, -0.25) is 4.99 Å². The molecular weight excluding hydrogens is 392 g/mol. The van der Waals surface area contributed by atoms with E-state index in [-0.39, 0.29) is 4.75 Å². The van der Waals surface area contributed by atoms with Gasteiger partial charge in [0.2, 0.25) is 10.0 Å². The summed E-state index contributed by atoms with van der Waals surface area (Å²) in [5.74, 6) is 2.00. The molecule has 1 aromatic rings. The molecule has 3 rings (SSSR count). The molecule has 0 atom stereocenters. The number of hydrogen-bond donors (Lipinski definition) is 1. The number of benzene rings is 1. The van der Waals surface area contributed by atoms with Crippen molar-refractivity contribution >= 4 is 27.7 Å². The Morgan fingerprint density at radius 1 is 1.14 bits per heavy atom. The molecule has 28 heavy (non-hydrogen) atoms. The van der Waals surface area contributed by atoms with Gasteiger partial charge in [-0.25, -0.2) is 8.42 Å². The van der Waals surface area contributed by atoms with Gasteiger partial charge in [-0.2, -0.15) is 16.1 Å². The van der Waals surface area contributed by atoms with Gasteiger partial charge in [0, 0.05) is 50.3 Å². The lowest BCUT2D eigenvalue weighted by molar-refractivity contribution is 0.346. The number of piperidine rings is 1. The molecule has 2 fully saturated rings. The normalized spacial score (nSPS) is 21.5. The van der Waals surface area contributed by atoms with E-state index < -0.39 is 10.0 Å². The zero-order valence-electron chi connectivity index (χ0n) is 17.1. The van der Waals surface area contributed by atoms with Crippen molar-refractivity contribution in [1.29, 1.82) is 0 Å². The number of aliphatic imine (C=N–C) groups is 1. The maximum atomic E-state index is 12.8. The lowest BCUT2D eigenvalue weighted by atomic mass is 10.2. The van der Waals surface area contributed by atoms with Gasteiger partial charge in [-0.05, 0) is 44.4 Å². The van der Waals surface area contributed by atoms with Gasteiger partial charge >= 0.3 is 0 Å². The molecule has 2 aliphatic heterocycles. The van der Waals surface area contributed by atoms with E-state index in [1.54, 1.807) is 16.4 Å². The summed E-state index contributed by atoms with van der Waals surface area (Å²) in [6, 6.07) is 7.24. The number of guanidine groups is 1. The first kappa shape index (κ1) is 21.5. The van der Waals surface area contributed by atoms with Crippen LogP contribution >= 0.6 is 11.8 Å². The highest BCUT2D eigenvalue weighted by Gasteiger charge is 2.29. The fourth-order valence-corrected chi connectivity index (χ4v) is 6.37. The van der Waals surface area contributed by atoms with Crippen LogP contribution in [0.2, 0.25) is 0 Å². The van der Waals surface area contributed by atoms with E-state index in [1.165, 1.54) is 0 Å². The smallest absolute Gasteiger partial charge is 0.243 e. The van der Waals surface area contributed by atoms with Crippen LogP contribution in [-0.2, 0) is 16.6 Å². The third-order valence-corrected chi connectivity index (χ3v) is 8.47. The maximum absolute atomic E-state index is 12.8. The van der Waals surface area contributed by atoms with Crippen molar-refractivity contribution in [2.24, 2.45) is 4.99 Å². The standard InChI is InChI=1S/C20H32N4O2S2/c1-20(2)16-23(13-14-27-20)19(21-3)22-15-17-7-9-18(10-8-17)28(25,26)24-11-5-4-6-12-24/h7-10H,4-6,11-16H2,1-3H3,(H,21,22). The van der Waals surface area contributed by atoms with Gasteiger partial charge in [0.1, 0.15) is 0 Å². The molecule has 2 aliphatic rings. The molecule has 0 bridgehead atoms. The molecule has 0 unspecified atom stereocenters. The predicted molar refractivity (Wildman–Crippen MR) is 117 cm³/mol. The first-order valence-corrected chi connectivity index (χ1v) is 12.4. The molecule has 0 saturated carbocycles. The van der Waals surface area contributed by atoms with Crippen LogP contribution < -0.4 is 5.32 Å². The molecule has 2 heterocycles. The quantitative estimate of drug-likeness (QED) is 0.595. The molecule has 0 radical (unpaired) electrons. The fourth-order valence-electron chi connectivity index (χ4n) is 3.74. The van der Waals surface area contributed by atoms with E-state index in [9.17, 15) is 8.42 Å². The second-order valence-corrected chi connectivity index (χ2v) is 11.8. The third kappa shape index (κ3) is 5.21. The summed E-state index contributed by atoms with van der Waals surface area (Å²) in [6.07, 6.45) is 3.02. The molecular formula is C20H32N4O2S2. The molecule has 156 valence electrons. The van der Waals surface area contributed by atoms with Crippen molar-refractivity contribution in [3.05, 3.63) is 29.8 Å². The van der Waals surface area contributed by atoms with Gasteiger partial charge < -0.3 is 10.2 Å². The predicted octanol–water partition coefficient (Wildman–Crippen LogP) is 2.76. The van der Waals surface area contributed by atoms with Crippen LogP contribution in [0.15, 0.2) is 34.2 Å². The van der Waals surface area contributed by atoms with Crippen molar-refractivity contribution in [1.82, 2.24) is 14.5 Å². The van der Waals surface area contributed by atoms with Crippen LogP contribution in [0.3, 0.4) is 0 Å². The number of nitrogens with one attached hydrogen (secondary N) is 1. The van der Waals surface area contributed by atoms with E-state index in [1.807, 2.05) is 30.9 Å². The van der Waals surface area contributed by atoms with Crippen molar-refractivity contribution in [3.63, 3.8) is 0 Å². The Kier molecular flexibility index (Phi) is 6.94. The molecule has 1 aromatic carbocycles. The Hall–Kier alpha value is -1.25. The van der Waals surface area contributed by atoms with Crippen molar-refractivity contribution in [2.45, 2.75) is 49.3 Å². The fraction of sp³-hybridized carbons (Fsp3) is 0.650. The minimum Gasteiger partial charge on any atom is -0.352 e. The van der Waals surface area contributed by atoms with Crippen LogP contribution in [0, 0.1) is 0 Å². The van der Waals surface area contributed by atoms with Crippen molar-refractivity contribution < 1.29 is 8.42 Å². The van der Waals surface area contributed by atoms with Crippen LogP contribution in [0.4, 0.5) is 0 Å². The van der Waals surface area contributed by atoms with Crippen LogP contribution in [-0.4, -0.2) is 67.3 Å². The highest BCUT2D eigenvalue weighted by atomic mass is 32.2. The number of sulfonamides is 1. The van der Waals surface area contributed by atoms with Crippen molar-refractivity contribution in [3.8, 4) is 0 Å². The molecule has 8 heteroatoms. The van der Waals surface area contributed by atoms with E-state index in [4.69, 9.17) is 0 Å². The van der Waals surface area contributed by atoms with E-state index in [0.717, 1.165) is 49.6 Å². The average molecular weight is 425 g/mol. The molecule has 2 saturated heterocycles. The van der Waals surface area contributed by atoms with Crippen molar-refractivity contribution in [2.75, 3.05) is 39.0 Å². The Bertz CT molecular complexity index is 785. The number of rotatable bonds is 4. The summed E-state index contributed by atoms with van der Waals surface area (Å²) in [6.45, 7) is 8.36. The SMILES string of the molecule is CN=C(NCc1ccc(S(=O)(=O)N2CCCCC2)cc1)N1CCSC(C)(C)C1. The first-order valence-electron chi connectivity index (χ1n) is 10.0. The van der Waals surface area contributed by atoms with Gasteiger partial charge in [-0.15, -0.1) is 0 Å². The second-order valence-electron chi connectivity index (χ2n) is 8.04. The minimum absolute atomic E-state index is 0.223. The van der Waals surface area contributed by atoms with Gasteiger partial charge in [0.25, 0.3) is 0 Å². The Labute approximate surface area is 173 Å². The van der Waals surface area contributed by atoms with E-state index >= 15 is 0 Å². The van der Waals surface area contributed by atoms with Crippen LogP contribution in [0.1, 0.15) is 38.7 Å². The highest BCUT2D eigenvalue weighted by molar-refractivity contribution is 8.00. The molecule has 1 N–H and O–H groups in total. The summed E-state index contributed by atoms with van der Waals surface area (Å²) < 4.78 is 27.4. The van der Waals surface area contributed by atoms with E-state index in [0.29, 0.717) is 24.5 Å².